The summed E-state index contributed by atoms with van der Waals surface area (Å²) in [7, 11) is 0. The highest BCUT2D eigenvalue weighted by molar-refractivity contribution is 5.78. The first-order chi connectivity index (χ1) is 13.4. The van der Waals surface area contributed by atoms with Crippen molar-refractivity contribution in [2.24, 2.45) is 0 Å². The molecule has 1 aliphatic heterocycles. The Kier molecular flexibility index (Phi) is 6.35. The number of halogens is 1. The highest BCUT2D eigenvalue weighted by atomic mass is 19.1. The molecule has 0 bridgehead atoms. The van der Waals surface area contributed by atoms with Crippen LogP contribution in [0.5, 0.6) is 5.75 Å². The Hall–Kier alpha value is -2.40. The third-order valence-electron chi connectivity index (χ3n) is 5.56. The van der Waals surface area contributed by atoms with Gasteiger partial charge in [-0.1, -0.05) is 24.3 Å². The van der Waals surface area contributed by atoms with E-state index in [4.69, 9.17) is 4.74 Å². The van der Waals surface area contributed by atoms with Gasteiger partial charge in [-0.05, 0) is 68.0 Å². The van der Waals surface area contributed by atoms with Crippen molar-refractivity contribution in [2.75, 3.05) is 19.7 Å². The lowest BCUT2D eigenvalue weighted by atomic mass is 9.96. The summed E-state index contributed by atoms with van der Waals surface area (Å²) in [5, 5.41) is 10.9. The Bertz CT molecular complexity index is 838. The molecule has 1 amide bonds. The van der Waals surface area contributed by atoms with Crippen molar-refractivity contribution in [1.29, 1.82) is 0 Å². The Balaban J connectivity index is 1.56. The minimum atomic E-state index is -0.966. The summed E-state index contributed by atoms with van der Waals surface area (Å²) in [4.78, 5) is 14.3. The zero-order chi connectivity index (χ0) is 20.1. The van der Waals surface area contributed by atoms with Crippen molar-refractivity contribution in [1.82, 2.24) is 4.90 Å². The zero-order valence-electron chi connectivity index (χ0n) is 16.6. The van der Waals surface area contributed by atoms with Gasteiger partial charge in [-0.2, -0.15) is 0 Å². The monoisotopic (exact) mass is 385 g/mol. The average molecular weight is 385 g/mol. The number of carbonyl (C=O) groups is 1. The first kappa shape index (κ1) is 20.3. The molecule has 150 valence electrons. The molecule has 2 aromatic carbocycles. The number of hydrogen-bond acceptors (Lipinski definition) is 3. The Labute approximate surface area is 165 Å². The van der Waals surface area contributed by atoms with Gasteiger partial charge in [0.05, 0.1) is 6.42 Å². The predicted octanol–water partition coefficient (Wildman–Crippen LogP) is 3.81. The van der Waals surface area contributed by atoms with Crippen LogP contribution in [0.1, 0.15) is 36.0 Å². The van der Waals surface area contributed by atoms with E-state index < -0.39 is 5.60 Å². The van der Waals surface area contributed by atoms with Crippen LogP contribution in [0.3, 0.4) is 0 Å². The van der Waals surface area contributed by atoms with Gasteiger partial charge in [0.15, 0.2) is 0 Å². The topological polar surface area (TPSA) is 49.8 Å². The fraction of sp³-hybridized carbons (Fsp3) is 0.435. The summed E-state index contributed by atoms with van der Waals surface area (Å²) in [6, 6.07) is 12.2. The molecule has 1 fully saturated rings. The van der Waals surface area contributed by atoms with E-state index in [0.29, 0.717) is 37.9 Å². The molecule has 0 aromatic heterocycles. The van der Waals surface area contributed by atoms with Crippen LogP contribution in [-0.2, 0) is 11.2 Å². The molecule has 0 saturated carbocycles. The van der Waals surface area contributed by atoms with Crippen molar-refractivity contribution >= 4 is 5.91 Å². The minimum Gasteiger partial charge on any atom is -0.491 e. The van der Waals surface area contributed by atoms with Gasteiger partial charge in [0, 0.05) is 13.1 Å². The first-order valence-electron chi connectivity index (χ1n) is 9.80. The van der Waals surface area contributed by atoms with E-state index in [-0.39, 0.29) is 24.8 Å². The number of amides is 1. The molecule has 1 N–H and O–H groups in total. The minimum absolute atomic E-state index is 0.0459. The molecule has 1 aliphatic rings. The van der Waals surface area contributed by atoms with Gasteiger partial charge >= 0.3 is 0 Å². The molecule has 1 atom stereocenters. The number of likely N-dealkylation sites (tertiary alicyclic amines) is 1. The van der Waals surface area contributed by atoms with Gasteiger partial charge < -0.3 is 14.7 Å². The van der Waals surface area contributed by atoms with Gasteiger partial charge in [-0.15, -0.1) is 0 Å². The number of aliphatic hydroxyl groups is 1. The van der Waals surface area contributed by atoms with Crippen molar-refractivity contribution in [3.05, 3.63) is 65.0 Å². The highest BCUT2D eigenvalue weighted by Crippen LogP contribution is 2.25. The number of benzene rings is 2. The molecule has 0 radical (unpaired) electrons. The molecule has 3 rings (SSSR count). The molecule has 1 unspecified atom stereocenters. The van der Waals surface area contributed by atoms with Gasteiger partial charge in [0.2, 0.25) is 5.91 Å². The predicted molar refractivity (Wildman–Crippen MR) is 107 cm³/mol. The van der Waals surface area contributed by atoms with Crippen molar-refractivity contribution in [2.45, 2.75) is 45.1 Å². The van der Waals surface area contributed by atoms with Crippen LogP contribution < -0.4 is 4.74 Å². The SMILES string of the molecule is Cc1ccc(OCC2(O)CCCN(C(=O)Cc3ccccc3F)CC2)cc1C. The second-order valence-electron chi connectivity index (χ2n) is 7.76. The van der Waals surface area contributed by atoms with E-state index in [0.717, 1.165) is 11.3 Å². The van der Waals surface area contributed by atoms with Crippen LogP contribution in [0.15, 0.2) is 42.5 Å². The smallest absolute Gasteiger partial charge is 0.227 e. The maximum absolute atomic E-state index is 13.8. The molecule has 0 spiro atoms. The summed E-state index contributed by atoms with van der Waals surface area (Å²) in [6.07, 6.45) is 1.75. The fourth-order valence-corrected chi connectivity index (χ4v) is 3.51. The van der Waals surface area contributed by atoms with Crippen LogP contribution in [0.4, 0.5) is 4.39 Å². The molecule has 5 heteroatoms. The average Bonchev–Trinajstić information content (AvgIpc) is 2.87. The number of carbonyl (C=O) groups excluding carboxylic acids is 1. The maximum atomic E-state index is 13.8. The Morgan fingerprint density at radius 1 is 1.14 bits per heavy atom. The van der Waals surface area contributed by atoms with Gasteiger partial charge in [0.25, 0.3) is 0 Å². The lowest BCUT2D eigenvalue weighted by Crippen LogP contribution is -2.38. The van der Waals surface area contributed by atoms with E-state index >= 15 is 0 Å². The second-order valence-corrected chi connectivity index (χ2v) is 7.76. The summed E-state index contributed by atoms with van der Waals surface area (Å²) < 4.78 is 19.7. The second kappa shape index (κ2) is 8.74. The van der Waals surface area contributed by atoms with E-state index in [9.17, 15) is 14.3 Å². The van der Waals surface area contributed by atoms with Crippen LogP contribution in [0, 0.1) is 19.7 Å². The molecule has 1 heterocycles. The fourth-order valence-electron chi connectivity index (χ4n) is 3.51. The summed E-state index contributed by atoms with van der Waals surface area (Å²) in [5.41, 5.74) is 1.79. The summed E-state index contributed by atoms with van der Waals surface area (Å²) in [5.74, 6) is 0.279. The number of rotatable bonds is 5. The van der Waals surface area contributed by atoms with E-state index in [1.54, 1.807) is 23.1 Å². The van der Waals surface area contributed by atoms with Crippen molar-refractivity contribution in [3.8, 4) is 5.75 Å². The zero-order valence-corrected chi connectivity index (χ0v) is 16.6. The van der Waals surface area contributed by atoms with Crippen LogP contribution in [0.2, 0.25) is 0 Å². The standard InChI is InChI=1S/C23H28FNO3/c1-17-8-9-20(14-18(17)2)28-16-23(27)10-5-12-25(13-11-23)22(26)15-19-6-3-4-7-21(19)24/h3-4,6-9,14,27H,5,10-13,15-16H2,1-2H3. The first-order valence-corrected chi connectivity index (χ1v) is 9.80. The Morgan fingerprint density at radius 3 is 2.68 bits per heavy atom. The van der Waals surface area contributed by atoms with Crippen LogP contribution in [-0.4, -0.2) is 41.2 Å². The molecule has 1 saturated heterocycles. The third-order valence-corrected chi connectivity index (χ3v) is 5.56. The van der Waals surface area contributed by atoms with Crippen molar-refractivity contribution < 1.29 is 19.0 Å². The third kappa shape index (κ3) is 5.10. The van der Waals surface area contributed by atoms with Crippen LogP contribution in [0.25, 0.3) is 0 Å². The van der Waals surface area contributed by atoms with Gasteiger partial charge in [0.1, 0.15) is 23.8 Å². The Morgan fingerprint density at radius 2 is 1.93 bits per heavy atom. The van der Waals surface area contributed by atoms with E-state index in [1.165, 1.54) is 11.6 Å². The number of ether oxygens (including phenoxy) is 1. The molecule has 4 nitrogen and oxygen atoms in total. The van der Waals surface area contributed by atoms with Gasteiger partial charge in [-0.3, -0.25) is 4.79 Å². The largest absolute Gasteiger partial charge is 0.491 e. The summed E-state index contributed by atoms with van der Waals surface area (Å²) in [6.45, 7) is 5.29. The number of aryl methyl sites for hydroxylation is 2. The lowest BCUT2D eigenvalue weighted by Gasteiger charge is -2.27. The number of hydrogen-bond donors (Lipinski definition) is 1. The molecule has 2 aromatic rings. The summed E-state index contributed by atoms with van der Waals surface area (Å²) >= 11 is 0. The normalized spacial score (nSPS) is 19.9. The van der Waals surface area contributed by atoms with Crippen LogP contribution >= 0.6 is 0 Å². The maximum Gasteiger partial charge on any atom is 0.227 e. The molecular weight excluding hydrogens is 357 g/mol. The lowest BCUT2D eigenvalue weighted by molar-refractivity contribution is -0.130. The van der Waals surface area contributed by atoms with Crippen molar-refractivity contribution in [3.63, 3.8) is 0 Å². The highest BCUT2D eigenvalue weighted by Gasteiger charge is 2.32. The van der Waals surface area contributed by atoms with E-state index in [2.05, 4.69) is 0 Å². The number of nitrogens with zero attached hydrogens (tertiary/aromatic N) is 1. The van der Waals surface area contributed by atoms with E-state index in [1.807, 2.05) is 32.0 Å². The molecule has 0 aliphatic carbocycles. The quantitative estimate of drug-likeness (QED) is 0.852. The molecule has 28 heavy (non-hydrogen) atoms. The van der Waals surface area contributed by atoms with Gasteiger partial charge in [-0.25, -0.2) is 4.39 Å². The molecular formula is C23H28FNO3.